The molecule has 1 aromatic rings. The molecule has 1 N–H and O–H groups in total. The number of nitrogens with one attached hydrogen (secondary N) is 1. The molecule has 1 aliphatic heterocycles. The second kappa shape index (κ2) is 8.42. The van der Waals surface area contributed by atoms with Gasteiger partial charge in [-0.25, -0.2) is 0 Å². The third-order valence-corrected chi connectivity index (χ3v) is 6.14. The van der Waals surface area contributed by atoms with Crippen molar-refractivity contribution < 1.29 is 9.59 Å². The molecule has 2 fully saturated rings. The molecule has 0 unspecified atom stereocenters. The highest BCUT2D eigenvalue weighted by Crippen LogP contribution is 2.41. The van der Waals surface area contributed by atoms with Crippen molar-refractivity contribution in [2.45, 2.75) is 51.4 Å². The number of anilines is 1. The van der Waals surface area contributed by atoms with Gasteiger partial charge in [-0.3, -0.25) is 9.59 Å². The summed E-state index contributed by atoms with van der Waals surface area (Å²) in [4.78, 5) is 29.8. The molecule has 1 heterocycles. The van der Waals surface area contributed by atoms with E-state index in [0.717, 1.165) is 63.1 Å². The Labute approximate surface area is 163 Å². The SMILES string of the molecule is CC(C)C(=O)Nc1ccc(C2(C(=O)N3CCN(C)CC3)CCCCC2)cc1. The highest BCUT2D eigenvalue weighted by molar-refractivity contribution is 5.92. The van der Waals surface area contributed by atoms with Gasteiger partial charge in [0, 0.05) is 37.8 Å². The maximum absolute atomic E-state index is 13.6. The maximum atomic E-state index is 13.6. The zero-order chi connectivity index (χ0) is 19.4. The number of hydrogen-bond acceptors (Lipinski definition) is 3. The van der Waals surface area contributed by atoms with Crippen molar-refractivity contribution in [2.75, 3.05) is 38.5 Å². The smallest absolute Gasteiger partial charge is 0.233 e. The summed E-state index contributed by atoms with van der Waals surface area (Å²) in [5.74, 6) is 0.270. The van der Waals surface area contributed by atoms with E-state index in [1.807, 2.05) is 26.0 Å². The Balaban J connectivity index is 1.81. The van der Waals surface area contributed by atoms with Crippen LogP contribution in [0.15, 0.2) is 24.3 Å². The van der Waals surface area contributed by atoms with E-state index in [0.29, 0.717) is 5.91 Å². The van der Waals surface area contributed by atoms with Gasteiger partial charge in [0.15, 0.2) is 0 Å². The summed E-state index contributed by atoms with van der Waals surface area (Å²) in [6, 6.07) is 8.00. The molecule has 2 amide bonds. The predicted molar refractivity (Wildman–Crippen MR) is 109 cm³/mol. The van der Waals surface area contributed by atoms with Gasteiger partial charge in [0.05, 0.1) is 5.41 Å². The van der Waals surface area contributed by atoms with Crippen LogP contribution in [0.3, 0.4) is 0 Å². The van der Waals surface area contributed by atoms with Crippen molar-refractivity contribution in [3.05, 3.63) is 29.8 Å². The molecule has 0 bridgehead atoms. The van der Waals surface area contributed by atoms with Gasteiger partial charge in [-0.15, -0.1) is 0 Å². The van der Waals surface area contributed by atoms with Crippen LogP contribution in [-0.4, -0.2) is 54.8 Å². The van der Waals surface area contributed by atoms with Crippen LogP contribution >= 0.6 is 0 Å². The van der Waals surface area contributed by atoms with Crippen LogP contribution in [0.25, 0.3) is 0 Å². The third kappa shape index (κ3) is 4.34. The van der Waals surface area contributed by atoms with Gasteiger partial charge < -0.3 is 15.1 Å². The quantitative estimate of drug-likeness (QED) is 0.884. The van der Waals surface area contributed by atoms with E-state index in [1.54, 1.807) is 0 Å². The lowest BCUT2D eigenvalue weighted by molar-refractivity contribution is -0.140. The molecule has 5 nitrogen and oxygen atoms in total. The lowest BCUT2D eigenvalue weighted by Gasteiger charge is -2.42. The Hall–Kier alpha value is -1.88. The third-order valence-electron chi connectivity index (χ3n) is 6.14. The molecule has 0 radical (unpaired) electrons. The van der Waals surface area contributed by atoms with Gasteiger partial charge in [0.1, 0.15) is 0 Å². The first-order chi connectivity index (χ1) is 12.9. The zero-order valence-corrected chi connectivity index (χ0v) is 17.0. The van der Waals surface area contributed by atoms with Crippen LogP contribution in [0.1, 0.15) is 51.5 Å². The van der Waals surface area contributed by atoms with Crippen LogP contribution in [0.4, 0.5) is 5.69 Å². The number of amides is 2. The largest absolute Gasteiger partial charge is 0.339 e. The lowest BCUT2D eigenvalue weighted by atomic mass is 9.68. The first-order valence-electron chi connectivity index (χ1n) is 10.3. The van der Waals surface area contributed by atoms with E-state index in [9.17, 15) is 9.59 Å². The molecule has 0 spiro atoms. The first kappa shape index (κ1) is 19.9. The molecule has 0 aromatic heterocycles. The van der Waals surface area contributed by atoms with Crippen LogP contribution in [0.2, 0.25) is 0 Å². The topological polar surface area (TPSA) is 52.7 Å². The number of carbonyl (C=O) groups is 2. The van der Waals surface area contributed by atoms with Gasteiger partial charge in [-0.1, -0.05) is 45.2 Å². The number of benzene rings is 1. The van der Waals surface area contributed by atoms with Gasteiger partial charge >= 0.3 is 0 Å². The predicted octanol–water partition coefficient (Wildman–Crippen LogP) is 3.26. The van der Waals surface area contributed by atoms with E-state index >= 15 is 0 Å². The number of piperazine rings is 1. The summed E-state index contributed by atoms with van der Waals surface area (Å²) in [6.07, 6.45) is 5.27. The average molecular weight is 372 g/mol. The number of likely N-dealkylation sites (N-methyl/N-ethyl adjacent to an activating group) is 1. The second-order valence-electron chi connectivity index (χ2n) is 8.46. The Bertz CT molecular complexity index is 655. The fraction of sp³-hybridized carbons (Fsp3) is 0.636. The molecular weight excluding hydrogens is 338 g/mol. The lowest BCUT2D eigenvalue weighted by Crippen LogP contribution is -2.54. The van der Waals surface area contributed by atoms with Crippen molar-refractivity contribution in [3.63, 3.8) is 0 Å². The summed E-state index contributed by atoms with van der Waals surface area (Å²) >= 11 is 0. The Morgan fingerprint density at radius 2 is 1.56 bits per heavy atom. The van der Waals surface area contributed by atoms with Gasteiger partial charge in [-0.2, -0.15) is 0 Å². The molecule has 1 saturated carbocycles. The Morgan fingerprint density at radius 3 is 2.11 bits per heavy atom. The molecule has 148 valence electrons. The minimum absolute atomic E-state index is 0.0173. The minimum atomic E-state index is -0.394. The van der Waals surface area contributed by atoms with Crippen LogP contribution < -0.4 is 5.32 Å². The van der Waals surface area contributed by atoms with Crippen LogP contribution in [-0.2, 0) is 15.0 Å². The van der Waals surface area contributed by atoms with E-state index in [1.165, 1.54) is 6.42 Å². The molecular formula is C22H33N3O2. The van der Waals surface area contributed by atoms with E-state index in [4.69, 9.17) is 0 Å². The van der Waals surface area contributed by atoms with E-state index in [2.05, 4.69) is 34.3 Å². The minimum Gasteiger partial charge on any atom is -0.339 e. The summed E-state index contributed by atoms with van der Waals surface area (Å²) in [7, 11) is 2.11. The van der Waals surface area contributed by atoms with Crippen molar-refractivity contribution in [1.29, 1.82) is 0 Å². The molecule has 0 atom stereocenters. The van der Waals surface area contributed by atoms with E-state index < -0.39 is 5.41 Å². The number of carbonyl (C=O) groups excluding carboxylic acids is 2. The van der Waals surface area contributed by atoms with Gasteiger partial charge in [0.2, 0.25) is 11.8 Å². The van der Waals surface area contributed by atoms with Crippen molar-refractivity contribution in [3.8, 4) is 0 Å². The Morgan fingerprint density at radius 1 is 0.963 bits per heavy atom. The summed E-state index contributed by atoms with van der Waals surface area (Å²) in [5.41, 5.74) is 1.51. The van der Waals surface area contributed by atoms with Crippen LogP contribution in [0.5, 0.6) is 0 Å². The van der Waals surface area contributed by atoms with Crippen LogP contribution in [0, 0.1) is 5.92 Å². The average Bonchev–Trinajstić information content (AvgIpc) is 2.69. The highest BCUT2D eigenvalue weighted by atomic mass is 16.2. The van der Waals surface area contributed by atoms with Crippen molar-refractivity contribution in [1.82, 2.24) is 9.80 Å². The molecule has 1 saturated heterocycles. The van der Waals surface area contributed by atoms with E-state index in [-0.39, 0.29) is 11.8 Å². The maximum Gasteiger partial charge on any atom is 0.233 e. The first-order valence-corrected chi connectivity index (χ1v) is 10.3. The van der Waals surface area contributed by atoms with Gasteiger partial charge in [0.25, 0.3) is 0 Å². The second-order valence-corrected chi connectivity index (χ2v) is 8.46. The molecule has 3 rings (SSSR count). The molecule has 27 heavy (non-hydrogen) atoms. The molecule has 5 heteroatoms. The number of rotatable bonds is 4. The Kier molecular flexibility index (Phi) is 6.20. The van der Waals surface area contributed by atoms with Crippen molar-refractivity contribution >= 4 is 17.5 Å². The molecule has 2 aliphatic rings. The number of hydrogen-bond donors (Lipinski definition) is 1. The highest BCUT2D eigenvalue weighted by Gasteiger charge is 2.43. The summed E-state index contributed by atoms with van der Waals surface area (Å²) < 4.78 is 0. The summed E-state index contributed by atoms with van der Waals surface area (Å²) in [6.45, 7) is 7.30. The van der Waals surface area contributed by atoms with Crippen molar-refractivity contribution in [2.24, 2.45) is 5.92 Å². The fourth-order valence-corrected chi connectivity index (χ4v) is 4.25. The van der Waals surface area contributed by atoms with Gasteiger partial charge in [-0.05, 0) is 37.6 Å². The number of nitrogens with zero attached hydrogens (tertiary/aromatic N) is 2. The normalized spacial score (nSPS) is 20.5. The fourth-order valence-electron chi connectivity index (χ4n) is 4.25. The monoisotopic (exact) mass is 371 g/mol. The summed E-state index contributed by atoms with van der Waals surface area (Å²) in [5, 5.41) is 2.94. The standard InChI is InChI=1S/C22H33N3O2/c1-17(2)20(26)23-19-9-7-18(8-10-19)22(11-5-4-6-12-22)21(27)25-15-13-24(3)14-16-25/h7-10,17H,4-6,11-16H2,1-3H3,(H,23,26). The molecule has 1 aliphatic carbocycles. The zero-order valence-electron chi connectivity index (χ0n) is 17.0. The molecule has 1 aromatic carbocycles.